The van der Waals surface area contributed by atoms with E-state index in [0.717, 1.165) is 30.3 Å². The number of para-hydroxylation sites is 1. The van der Waals surface area contributed by atoms with Crippen molar-refractivity contribution in [3.63, 3.8) is 0 Å². The first-order valence-corrected chi connectivity index (χ1v) is 21.4. The number of hydrogen-bond acceptors (Lipinski definition) is 8. The van der Waals surface area contributed by atoms with E-state index >= 15 is 4.79 Å². The number of carbonyl (C=O) groups is 3. The zero-order chi connectivity index (χ0) is 41.9. The van der Waals surface area contributed by atoms with Gasteiger partial charge in [0.15, 0.2) is 0 Å². The molecule has 314 valence electrons. The van der Waals surface area contributed by atoms with E-state index in [1.807, 2.05) is 0 Å². The first-order chi connectivity index (χ1) is 27.5. The molecule has 2 unspecified atom stereocenters. The molecule has 0 radical (unpaired) electrons. The number of amides is 2. The van der Waals surface area contributed by atoms with Crippen LogP contribution in [0.15, 0.2) is 58.4 Å². The van der Waals surface area contributed by atoms with Crippen molar-refractivity contribution >= 4 is 40.3 Å². The first kappa shape index (κ1) is 43.1. The highest BCUT2D eigenvalue weighted by molar-refractivity contribution is 8.22. The Morgan fingerprint density at radius 3 is 2.38 bits per heavy atom. The molecule has 1 aromatic carbocycles. The quantitative estimate of drug-likeness (QED) is 0.125. The van der Waals surface area contributed by atoms with Crippen molar-refractivity contribution in [3.05, 3.63) is 70.9 Å². The van der Waals surface area contributed by atoms with E-state index in [1.54, 1.807) is 31.2 Å². The molecule has 3 aromatic rings. The fourth-order valence-corrected chi connectivity index (χ4v) is 9.97. The number of benzene rings is 1. The molecule has 1 N–H and O–H groups in total. The molecule has 1 aliphatic carbocycles. The number of hydrogen-bond donors (Lipinski definition) is 1. The molecule has 2 atom stereocenters. The Balaban J connectivity index is 1.28. The van der Waals surface area contributed by atoms with Crippen LogP contribution in [-0.2, 0) is 21.2 Å². The van der Waals surface area contributed by atoms with E-state index in [-0.39, 0.29) is 64.1 Å². The summed E-state index contributed by atoms with van der Waals surface area (Å²) in [4.78, 5) is 47.4. The molecular formula is C40H44F6N4O6S2. The highest BCUT2D eigenvalue weighted by atomic mass is 32.3. The van der Waals surface area contributed by atoms with Gasteiger partial charge in [0, 0.05) is 55.5 Å². The lowest BCUT2D eigenvalue weighted by molar-refractivity contribution is -0.160. The number of likely N-dealkylation sites (tertiary alicyclic amines) is 2. The third kappa shape index (κ3) is 8.47. The Hall–Kier alpha value is -4.50. The third-order valence-electron chi connectivity index (χ3n) is 11.8. The SMILES string of the molecule is CCCC1N(C(=O)c2cnccc2C(F)(F)F)CCCC1(Oc1csc(S(F)(F)F)c1)C(=O)N1CCC(C#N)(c2ccccc2OCCCC2(C(=O)O)CCC2)CC1. The van der Waals surface area contributed by atoms with Crippen LogP contribution in [0.2, 0.25) is 0 Å². The molecule has 6 rings (SSSR count). The van der Waals surface area contributed by atoms with Gasteiger partial charge in [-0.15, -0.1) is 23.0 Å². The van der Waals surface area contributed by atoms with Crippen molar-refractivity contribution in [2.45, 2.75) is 105 Å². The van der Waals surface area contributed by atoms with Gasteiger partial charge in [-0.1, -0.05) is 38.0 Å². The van der Waals surface area contributed by atoms with Gasteiger partial charge in [-0.3, -0.25) is 19.4 Å². The number of piperidine rings is 2. The van der Waals surface area contributed by atoms with Crippen LogP contribution in [-0.4, -0.2) is 75.6 Å². The van der Waals surface area contributed by atoms with Crippen molar-refractivity contribution in [2.75, 3.05) is 26.2 Å². The number of carboxylic acids is 1. The maximum atomic E-state index is 15.0. The van der Waals surface area contributed by atoms with E-state index in [2.05, 4.69) is 11.1 Å². The molecule has 10 nitrogen and oxygen atoms in total. The van der Waals surface area contributed by atoms with Gasteiger partial charge < -0.3 is 24.4 Å². The second kappa shape index (κ2) is 17.0. The minimum Gasteiger partial charge on any atom is -0.493 e. The Kier molecular flexibility index (Phi) is 12.6. The van der Waals surface area contributed by atoms with Crippen molar-refractivity contribution < 1.29 is 53.8 Å². The van der Waals surface area contributed by atoms with Crippen LogP contribution in [0.25, 0.3) is 0 Å². The molecule has 58 heavy (non-hydrogen) atoms. The molecule has 3 aliphatic rings. The lowest BCUT2D eigenvalue weighted by Gasteiger charge is -2.51. The summed E-state index contributed by atoms with van der Waals surface area (Å²) in [6.45, 7) is 1.98. The Morgan fingerprint density at radius 1 is 1.05 bits per heavy atom. The number of rotatable bonds is 14. The van der Waals surface area contributed by atoms with Crippen LogP contribution in [0, 0.1) is 16.7 Å². The largest absolute Gasteiger partial charge is 0.493 e. The number of aromatic nitrogens is 1. The van der Waals surface area contributed by atoms with Gasteiger partial charge in [0.25, 0.3) is 11.8 Å². The van der Waals surface area contributed by atoms with Crippen molar-refractivity contribution in [1.82, 2.24) is 14.8 Å². The Bertz CT molecular complexity index is 2020. The number of nitriles is 1. The van der Waals surface area contributed by atoms with E-state index in [4.69, 9.17) is 9.47 Å². The van der Waals surface area contributed by atoms with Gasteiger partial charge in [0.1, 0.15) is 15.7 Å². The normalized spacial score (nSPS) is 22.0. The highest BCUT2D eigenvalue weighted by Gasteiger charge is 2.57. The maximum Gasteiger partial charge on any atom is 0.417 e. The molecule has 0 spiro atoms. The molecule has 1 saturated carbocycles. The Labute approximate surface area is 338 Å². The number of carbonyl (C=O) groups excluding carboxylic acids is 2. The summed E-state index contributed by atoms with van der Waals surface area (Å²) in [7, 11) is 0. The molecule has 2 aromatic heterocycles. The zero-order valence-corrected chi connectivity index (χ0v) is 33.4. The van der Waals surface area contributed by atoms with Gasteiger partial charge in [0.05, 0.1) is 40.7 Å². The summed E-state index contributed by atoms with van der Waals surface area (Å²) in [5.41, 5.74) is -5.15. The summed E-state index contributed by atoms with van der Waals surface area (Å²) < 4.78 is 95.4. The van der Waals surface area contributed by atoms with Crippen LogP contribution < -0.4 is 9.47 Å². The molecule has 2 aliphatic heterocycles. The number of nitrogens with zero attached hydrogens (tertiary/aromatic N) is 4. The van der Waals surface area contributed by atoms with Gasteiger partial charge in [-0.05, 0) is 63.5 Å². The average Bonchev–Trinajstić information content (AvgIpc) is 3.66. The average molecular weight is 855 g/mol. The van der Waals surface area contributed by atoms with Crippen LogP contribution in [0.1, 0.15) is 99.0 Å². The smallest absolute Gasteiger partial charge is 0.417 e. The summed E-state index contributed by atoms with van der Waals surface area (Å²) >= 11 is -5.24. The maximum absolute atomic E-state index is 15.0. The predicted octanol–water partition coefficient (Wildman–Crippen LogP) is 9.70. The lowest BCUT2D eigenvalue weighted by Crippen LogP contribution is -2.68. The van der Waals surface area contributed by atoms with E-state index in [1.165, 1.54) is 9.80 Å². The van der Waals surface area contributed by atoms with Crippen molar-refractivity contribution in [2.24, 2.45) is 5.41 Å². The summed E-state index contributed by atoms with van der Waals surface area (Å²) in [6.07, 6.45) is 0.668. The fourth-order valence-electron chi connectivity index (χ4n) is 8.61. The van der Waals surface area contributed by atoms with Crippen LogP contribution in [0.4, 0.5) is 24.8 Å². The van der Waals surface area contributed by atoms with Crippen molar-refractivity contribution in [1.29, 1.82) is 5.26 Å². The summed E-state index contributed by atoms with van der Waals surface area (Å²) in [6, 6.07) is 9.80. The minimum absolute atomic E-state index is 0.0160. The number of aliphatic carboxylic acids is 1. The third-order valence-corrected chi connectivity index (χ3v) is 14.0. The van der Waals surface area contributed by atoms with Crippen molar-refractivity contribution in [3.8, 4) is 17.6 Å². The minimum atomic E-state index is -5.65. The topological polar surface area (TPSA) is 133 Å². The zero-order valence-electron chi connectivity index (χ0n) is 31.7. The monoisotopic (exact) mass is 854 g/mol. The summed E-state index contributed by atoms with van der Waals surface area (Å²) in [5.74, 6) is -2.27. The second-order valence-electron chi connectivity index (χ2n) is 15.2. The van der Waals surface area contributed by atoms with E-state index in [0.29, 0.717) is 60.8 Å². The molecule has 2 saturated heterocycles. The predicted molar refractivity (Wildman–Crippen MR) is 203 cm³/mol. The molecule has 3 fully saturated rings. The van der Waals surface area contributed by atoms with Gasteiger partial charge in [-0.25, -0.2) is 0 Å². The van der Waals surface area contributed by atoms with Gasteiger partial charge in [0.2, 0.25) is 16.8 Å². The number of halogens is 6. The van der Waals surface area contributed by atoms with Crippen LogP contribution >= 0.6 is 22.5 Å². The highest BCUT2D eigenvalue weighted by Crippen LogP contribution is 2.63. The second-order valence-corrected chi connectivity index (χ2v) is 17.6. The standard InChI is InChI=1S/C40H44F6N4O6S2/c1-2-8-32-39(56-27-23-33(57-25-27)58(44,45)46,15-6-19-50(32)34(51)28-24-48-18-11-29(28)40(41,42)43)35(52)49-20-16-38(26-47,17-21-49)30-9-3-4-10-31(30)55-22-7-14-37(36(53)54)12-5-13-37/h3-4,9-11,18,23-25,32H,2,5-8,12-17,19-22H2,1H3,(H,53,54). The number of alkyl halides is 3. The molecule has 2 amide bonds. The molecule has 18 heteroatoms. The lowest BCUT2D eigenvalue weighted by atomic mass is 9.66. The molecule has 0 bridgehead atoms. The number of ether oxygens (including phenoxy) is 2. The van der Waals surface area contributed by atoms with Gasteiger partial charge >= 0.3 is 12.1 Å². The Morgan fingerprint density at radius 2 is 1.78 bits per heavy atom. The fraction of sp³-hybridized carbons (Fsp3) is 0.525. The number of thiophene rings is 1. The van der Waals surface area contributed by atoms with E-state index in [9.17, 15) is 44.8 Å². The van der Waals surface area contributed by atoms with E-state index < -0.39 is 73.0 Å². The van der Waals surface area contributed by atoms with Gasteiger partial charge in [-0.2, -0.15) is 18.4 Å². The molecule has 4 heterocycles. The van der Waals surface area contributed by atoms with Crippen LogP contribution in [0.5, 0.6) is 11.5 Å². The number of pyridine rings is 1. The number of carboxylic acid groups (broad SMARTS) is 1. The summed E-state index contributed by atoms with van der Waals surface area (Å²) in [5, 5.41) is 21.5. The first-order valence-electron chi connectivity index (χ1n) is 19.2. The molecular weight excluding hydrogens is 811 g/mol. The van der Waals surface area contributed by atoms with Crippen LogP contribution in [0.3, 0.4) is 0 Å².